The zero-order valence-electron chi connectivity index (χ0n) is 10.5. The van der Waals surface area contributed by atoms with Crippen molar-refractivity contribution in [3.05, 3.63) is 25.0 Å². The minimum absolute atomic E-state index is 0.0969. The lowest BCUT2D eigenvalue weighted by atomic mass is 9.93. The summed E-state index contributed by atoms with van der Waals surface area (Å²) in [5.41, 5.74) is 5.83. The van der Waals surface area contributed by atoms with Gasteiger partial charge in [0.1, 0.15) is 0 Å². The molecule has 0 radical (unpaired) electrons. The molecular formula is C12H22N4. The molecule has 2 N–H and O–H groups in total. The number of anilines is 1. The third-order valence-corrected chi connectivity index (χ3v) is 2.58. The van der Waals surface area contributed by atoms with Crippen LogP contribution in [0.3, 0.4) is 0 Å². The molecule has 0 aliphatic carbocycles. The molecule has 0 amide bonds. The molecule has 0 fully saturated rings. The van der Waals surface area contributed by atoms with Crippen LogP contribution in [0.5, 0.6) is 0 Å². The van der Waals surface area contributed by atoms with E-state index >= 15 is 0 Å². The van der Waals surface area contributed by atoms with E-state index in [1.807, 2.05) is 25.5 Å². The molecule has 4 nitrogen and oxygen atoms in total. The highest BCUT2D eigenvalue weighted by molar-refractivity contribution is 5.30. The fraction of sp³-hybridized carbons (Fsp3) is 0.583. The molecule has 90 valence electrons. The van der Waals surface area contributed by atoms with Crippen molar-refractivity contribution in [1.82, 2.24) is 9.55 Å². The summed E-state index contributed by atoms with van der Waals surface area (Å²) < 4.78 is 2.07. The van der Waals surface area contributed by atoms with E-state index in [2.05, 4.69) is 34.9 Å². The van der Waals surface area contributed by atoms with Crippen molar-refractivity contribution in [2.45, 2.75) is 20.4 Å². The van der Waals surface area contributed by atoms with Gasteiger partial charge in [0.05, 0.1) is 0 Å². The summed E-state index contributed by atoms with van der Waals surface area (Å²) in [6, 6.07) is 0. The molecule has 0 unspecified atom stereocenters. The van der Waals surface area contributed by atoms with Gasteiger partial charge in [0.15, 0.2) is 0 Å². The first-order valence-corrected chi connectivity index (χ1v) is 5.53. The second kappa shape index (κ2) is 5.16. The van der Waals surface area contributed by atoms with Crippen LogP contribution in [0.1, 0.15) is 13.8 Å². The first-order valence-electron chi connectivity index (χ1n) is 5.53. The van der Waals surface area contributed by atoms with Crippen LogP contribution >= 0.6 is 0 Å². The van der Waals surface area contributed by atoms with Crippen molar-refractivity contribution in [2.75, 3.05) is 25.0 Å². The lowest BCUT2D eigenvalue weighted by Crippen LogP contribution is -2.37. The summed E-state index contributed by atoms with van der Waals surface area (Å²) in [5, 5.41) is 0. The lowest BCUT2D eigenvalue weighted by Gasteiger charge is -2.29. The molecule has 0 spiro atoms. The number of imidazole rings is 1. The van der Waals surface area contributed by atoms with Crippen LogP contribution in [0, 0.1) is 5.41 Å². The van der Waals surface area contributed by atoms with E-state index in [1.54, 1.807) is 0 Å². The Morgan fingerprint density at radius 2 is 2.31 bits per heavy atom. The highest BCUT2D eigenvalue weighted by atomic mass is 15.3. The molecule has 1 aromatic rings. The van der Waals surface area contributed by atoms with Crippen molar-refractivity contribution < 1.29 is 0 Å². The molecule has 1 aromatic heterocycles. The van der Waals surface area contributed by atoms with Crippen LogP contribution in [0.15, 0.2) is 25.0 Å². The molecule has 1 heterocycles. The van der Waals surface area contributed by atoms with E-state index in [9.17, 15) is 0 Å². The van der Waals surface area contributed by atoms with Crippen LogP contribution in [0.25, 0.3) is 0 Å². The third-order valence-electron chi connectivity index (χ3n) is 2.58. The van der Waals surface area contributed by atoms with Crippen molar-refractivity contribution in [3.63, 3.8) is 0 Å². The Morgan fingerprint density at radius 3 is 2.88 bits per heavy atom. The van der Waals surface area contributed by atoms with Gasteiger partial charge in [0, 0.05) is 32.5 Å². The number of nitrogens with two attached hydrogens (primary N) is 1. The van der Waals surface area contributed by atoms with E-state index < -0.39 is 0 Å². The summed E-state index contributed by atoms with van der Waals surface area (Å²) in [6.07, 6.45) is 5.64. The molecule has 16 heavy (non-hydrogen) atoms. The normalized spacial score (nSPS) is 11.5. The van der Waals surface area contributed by atoms with Crippen LogP contribution in [-0.4, -0.2) is 29.7 Å². The van der Waals surface area contributed by atoms with Crippen LogP contribution in [0.4, 0.5) is 5.95 Å². The standard InChI is InChI=1S/C12H22N4/c1-5-7-16-8-6-14-11(16)15(4)10-12(2,3)9-13/h5-6,8H,1,7,9-10,13H2,2-4H3. The summed E-state index contributed by atoms with van der Waals surface area (Å²) in [4.78, 5) is 6.49. The zero-order valence-corrected chi connectivity index (χ0v) is 10.5. The number of hydrogen-bond donors (Lipinski definition) is 1. The van der Waals surface area contributed by atoms with Gasteiger partial charge >= 0.3 is 0 Å². The summed E-state index contributed by atoms with van der Waals surface area (Å²) in [5.74, 6) is 0.960. The Labute approximate surface area is 97.8 Å². The van der Waals surface area contributed by atoms with Crippen molar-refractivity contribution in [3.8, 4) is 0 Å². The molecule has 0 aliphatic heterocycles. The summed E-state index contributed by atoms with van der Waals surface area (Å²) in [6.45, 7) is 10.4. The lowest BCUT2D eigenvalue weighted by molar-refractivity contribution is 0.382. The van der Waals surface area contributed by atoms with Crippen LogP contribution in [0.2, 0.25) is 0 Å². The number of rotatable bonds is 6. The highest BCUT2D eigenvalue weighted by Crippen LogP contribution is 2.18. The number of aromatic nitrogens is 2. The first kappa shape index (κ1) is 12.8. The Morgan fingerprint density at radius 1 is 1.62 bits per heavy atom. The highest BCUT2D eigenvalue weighted by Gasteiger charge is 2.20. The van der Waals surface area contributed by atoms with E-state index in [1.165, 1.54) is 0 Å². The first-order chi connectivity index (χ1) is 7.50. The maximum absolute atomic E-state index is 5.73. The smallest absolute Gasteiger partial charge is 0.205 e. The van der Waals surface area contributed by atoms with Gasteiger partial charge in [-0.25, -0.2) is 4.98 Å². The molecule has 0 bridgehead atoms. The van der Waals surface area contributed by atoms with Gasteiger partial charge in [-0.2, -0.15) is 0 Å². The fourth-order valence-electron chi connectivity index (χ4n) is 1.70. The molecule has 0 saturated heterocycles. The second-order valence-corrected chi connectivity index (χ2v) is 4.89. The number of nitrogens with zero attached hydrogens (tertiary/aromatic N) is 3. The van der Waals surface area contributed by atoms with Crippen LogP contribution in [-0.2, 0) is 6.54 Å². The molecule has 0 aliphatic rings. The predicted molar refractivity (Wildman–Crippen MR) is 68.5 cm³/mol. The minimum Gasteiger partial charge on any atom is -0.345 e. The van der Waals surface area contributed by atoms with Gasteiger partial charge in [-0.3, -0.25) is 0 Å². The Kier molecular flexibility index (Phi) is 4.12. The van der Waals surface area contributed by atoms with Gasteiger partial charge in [0.25, 0.3) is 0 Å². The molecule has 0 atom stereocenters. The second-order valence-electron chi connectivity index (χ2n) is 4.89. The SMILES string of the molecule is C=CCn1ccnc1N(C)CC(C)(C)CN. The van der Waals surface area contributed by atoms with Crippen molar-refractivity contribution >= 4 is 5.95 Å². The van der Waals surface area contributed by atoms with Gasteiger partial charge in [0.2, 0.25) is 5.95 Å². The predicted octanol–water partition coefficient (Wildman–Crippen LogP) is 1.49. The number of allylic oxidation sites excluding steroid dienone is 1. The molecular weight excluding hydrogens is 200 g/mol. The monoisotopic (exact) mass is 222 g/mol. The van der Waals surface area contributed by atoms with E-state index in [-0.39, 0.29) is 5.41 Å². The molecule has 0 saturated carbocycles. The van der Waals surface area contributed by atoms with E-state index in [4.69, 9.17) is 5.73 Å². The van der Waals surface area contributed by atoms with E-state index in [0.29, 0.717) is 6.54 Å². The van der Waals surface area contributed by atoms with Crippen molar-refractivity contribution in [1.29, 1.82) is 0 Å². The Hall–Kier alpha value is -1.29. The zero-order chi connectivity index (χ0) is 12.2. The van der Waals surface area contributed by atoms with Crippen molar-refractivity contribution in [2.24, 2.45) is 11.1 Å². The summed E-state index contributed by atoms with van der Waals surface area (Å²) in [7, 11) is 2.04. The Balaban J connectivity index is 2.75. The summed E-state index contributed by atoms with van der Waals surface area (Å²) >= 11 is 0. The third kappa shape index (κ3) is 3.10. The largest absolute Gasteiger partial charge is 0.345 e. The van der Waals surface area contributed by atoms with Gasteiger partial charge in [-0.15, -0.1) is 6.58 Å². The maximum atomic E-state index is 5.73. The maximum Gasteiger partial charge on any atom is 0.205 e. The van der Waals surface area contributed by atoms with Gasteiger partial charge in [-0.1, -0.05) is 19.9 Å². The average Bonchev–Trinajstić information content (AvgIpc) is 2.66. The minimum atomic E-state index is 0.0969. The quantitative estimate of drug-likeness (QED) is 0.742. The Bertz CT molecular complexity index is 341. The topological polar surface area (TPSA) is 47.1 Å². The fourth-order valence-corrected chi connectivity index (χ4v) is 1.70. The number of hydrogen-bond acceptors (Lipinski definition) is 3. The van der Waals surface area contributed by atoms with E-state index in [0.717, 1.165) is 19.0 Å². The molecule has 0 aromatic carbocycles. The van der Waals surface area contributed by atoms with Gasteiger partial charge < -0.3 is 15.2 Å². The van der Waals surface area contributed by atoms with Crippen LogP contribution < -0.4 is 10.6 Å². The molecule has 1 rings (SSSR count). The average molecular weight is 222 g/mol. The molecule has 4 heteroatoms. The van der Waals surface area contributed by atoms with Gasteiger partial charge in [-0.05, 0) is 12.0 Å².